The zero-order valence-electron chi connectivity index (χ0n) is 12.1. The number of rotatable bonds is 4. The fourth-order valence-electron chi connectivity index (χ4n) is 2.38. The third-order valence-electron chi connectivity index (χ3n) is 3.97. The van der Waals surface area contributed by atoms with E-state index in [9.17, 15) is 9.59 Å². The number of hydrogen-bond donors (Lipinski definition) is 1. The fraction of sp³-hybridized carbons (Fsp3) is 0.467. The summed E-state index contributed by atoms with van der Waals surface area (Å²) in [5.41, 5.74) is 1.05. The van der Waals surface area contributed by atoms with Crippen LogP contribution in [0, 0.1) is 11.8 Å². The van der Waals surface area contributed by atoms with Crippen molar-refractivity contribution in [1.29, 1.82) is 0 Å². The summed E-state index contributed by atoms with van der Waals surface area (Å²) in [5, 5.41) is 8.96. The van der Waals surface area contributed by atoms with Gasteiger partial charge in [0.25, 0.3) is 0 Å². The van der Waals surface area contributed by atoms with Gasteiger partial charge in [-0.1, -0.05) is 41.1 Å². The highest BCUT2D eigenvalue weighted by atomic mass is 79.9. The van der Waals surface area contributed by atoms with E-state index >= 15 is 0 Å². The lowest BCUT2D eigenvalue weighted by Gasteiger charge is -2.42. The van der Waals surface area contributed by atoms with E-state index in [-0.39, 0.29) is 11.9 Å². The van der Waals surface area contributed by atoms with Crippen LogP contribution in [0.3, 0.4) is 0 Å². The lowest BCUT2D eigenvalue weighted by Crippen LogP contribution is -2.56. The van der Waals surface area contributed by atoms with Gasteiger partial charge in [0.15, 0.2) is 0 Å². The number of urea groups is 1. The topological polar surface area (TPSA) is 60.9 Å². The van der Waals surface area contributed by atoms with Crippen molar-refractivity contribution >= 4 is 27.9 Å². The molecule has 1 fully saturated rings. The molecule has 1 aromatic rings. The van der Waals surface area contributed by atoms with Gasteiger partial charge >= 0.3 is 12.0 Å². The van der Waals surface area contributed by atoms with Crippen LogP contribution in [-0.4, -0.2) is 47.0 Å². The molecule has 0 aromatic heterocycles. The van der Waals surface area contributed by atoms with Crippen molar-refractivity contribution in [2.45, 2.75) is 13.5 Å². The molecule has 2 amide bonds. The summed E-state index contributed by atoms with van der Waals surface area (Å²) in [6.45, 7) is 3.26. The number of nitrogens with zero attached hydrogens (tertiary/aromatic N) is 2. The Morgan fingerprint density at radius 2 is 2.05 bits per heavy atom. The van der Waals surface area contributed by atoms with Crippen LogP contribution in [0.25, 0.3) is 0 Å². The maximum absolute atomic E-state index is 12.3. The summed E-state index contributed by atoms with van der Waals surface area (Å²) in [6.07, 6.45) is 0. The van der Waals surface area contributed by atoms with E-state index in [2.05, 4.69) is 15.9 Å². The minimum absolute atomic E-state index is 0.0559. The molecular formula is C15H19BrN2O3. The standard InChI is InChI=1S/C15H19BrN2O3/c1-10(14(19)20)12-8-18(9-12)15(21)17(2)7-11-5-3-4-6-13(11)16/h3-6,10,12H,7-9H2,1-2H3,(H,19,20). The number of carbonyl (C=O) groups is 2. The number of hydrogen-bond acceptors (Lipinski definition) is 2. The molecular weight excluding hydrogens is 336 g/mol. The van der Waals surface area contributed by atoms with E-state index in [0.29, 0.717) is 19.6 Å². The third kappa shape index (κ3) is 3.56. The highest BCUT2D eigenvalue weighted by molar-refractivity contribution is 9.10. The number of benzene rings is 1. The van der Waals surface area contributed by atoms with Crippen molar-refractivity contribution in [2.75, 3.05) is 20.1 Å². The van der Waals surface area contributed by atoms with E-state index in [1.165, 1.54) is 0 Å². The number of carbonyl (C=O) groups excluding carboxylic acids is 1. The highest BCUT2D eigenvalue weighted by Crippen LogP contribution is 2.25. The largest absolute Gasteiger partial charge is 0.481 e. The lowest BCUT2D eigenvalue weighted by atomic mass is 9.87. The smallest absolute Gasteiger partial charge is 0.320 e. The maximum Gasteiger partial charge on any atom is 0.320 e. The Labute approximate surface area is 132 Å². The van der Waals surface area contributed by atoms with Crippen molar-refractivity contribution < 1.29 is 14.7 Å². The number of likely N-dealkylation sites (tertiary alicyclic amines) is 1. The predicted octanol–water partition coefficient (Wildman–Crippen LogP) is 2.65. The predicted molar refractivity (Wildman–Crippen MR) is 82.9 cm³/mol. The molecule has 114 valence electrons. The summed E-state index contributed by atoms with van der Waals surface area (Å²) < 4.78 is 0.977. The van der Waals surface area contributed by atoms with E-state index in [4.69, 9.17) is 5.11 Å². The normalized spacial score (nSPS) is 16.2. The van der Waals surface area contributed by atoms with Crippen LogP contribution >= 0.6 is 15.9 Å². The Morgan fingerprint density at radius 3 is 2.62 bits per heavy atom. The first kappa shape index (κ1) is 15.8. The van der Waals surface area contributed by atoms with E-state index in [1.807, 2.05) is 24.3 Å². The molecule has 6 heteroatoms. The molecule has 1 saturated heterocycles. The average Bonchev–Trinajstić information content (AvgIpc) is 2.39. The quantitative estimate of drug-likeness (QED) is 0.903. The van der Waals surface area contributed by atoms with Gasteiger partial charge in [-0.15, -0.1) is 0 Å². The maximum atomic E-state index is 12.3. The molecule has 21 heavy (non-hydrogen) atoms. The highest BCUT2D eigenvalue weighted by Gasteiger charge is 2.38. The van der Waals surface area contributed by atoms with Gasteiger partial charge in [-0.05, 0) is 11.6 Å². The van der Waals surface area contributed by atoms with Gasteiger partial charge < -0.3 is 14.9 Å². The molecule has 1 aliphatic heterocycles. The molecule has 0 saturated carbocycles. The monoisotopic (exact) mass is 354 g/mol. The number of amides is 2. The first-order chi connectivity index (χ1) is 9.90. The number of halogens is 1. The van der Waals surface area contributed by atoms with Gasteiger partial charge in [0.1, 0.15) is 0 Å². The summed E-state index contributed by atoms with van der Waals surface area (Å²) in [7, 11) is 1.76. The second-order valence-electron chi connectivity index (χ2n) is 5.52. The van der Waals surface area contributed by atoms with Crippen molar-refractivity contribution in [1.82, 2.24) is 9.80 Å². The van der Waals surface area contributed by atoms with Crippen LogP contribution < -0.4 is 0 Å². The molecule has 0 aliphatic carbocycles. The molecule has 2 rings (SSSR count). The number of carboxylic acids is 1. The lowest BCUT2D eigenvalue weighted by molar-refractivity contribution is -0.144. The van der Waals surface area contributed by atoms with Crippen molar-refractivity contribution in [3.8, 4) is 0 Å². The van der Waals surface area contributed by atoms with E-state index in [1.54, 1.807) is 23.8 Å². The van der Waals surface area contributed by atoms with Gasteiger partial charge in [-0.2, -0.15) is 0 Å². The molecule has 1 N–H and O–H groups in total. The minimum Gasteiger partial charge on any atom is -0.481 e. The third-order valence-corrected chi connectivity index (χ3v) is 4.74. The Bertz CT molecular complexity index is 543. The summed E-state index contributed by atoms with van der Waals surface area (Å²) in [6, 6.07) is 7.73. The summed E-state index contributed by atoms with van der Waals surface area (Å²) in [5.74, 6) is -1.14. The molecule has 0 radical (unpaired) electrons. The summed E-state index contributed by atoms with van der Waals surface area (Å²) >= 11 is 3.47. The Balaban J connectivity index is 1.88. The number of carboxylic acid groups (broad SMARTS) is 1. The molecule has 1 heterocycles. The molecule has 1 atom stereocenters. The average molecular weight is 355 g/mol. The Kier molecular flexibility index (Phi) is 4.88. The van der Waals surface area contributed by atoms with Crippen LogP contribution in [0.5, 0.6) is 0 Å². The van der Waals surface area contributed by atoms with Crippen molar-refractivity contribution in [2.24, 2.45) is 11.8 Å². The number of aliphatic carboxylic acids is 1. The van der Waals surface area contributed by atoms with Gasteiger partial charge in [0, 0.05) is 37.1 Å². The Morgan fingerprint density at radius 1 is 1.43 bits per heavy atom. The van der Waals surface area contributed by atoms with E-state index < -0.39 is 11.9 Å². The van der Waals surface area contributed by atoms with Crippen LogP contribution in [0.4, 0.5) is 4.79 Å². The van der Waals surface area contributed by atoms with Crippen LogP contribution in [0.2, 0.25) is 0 Å². The molecule has 0 bridgehead atoms. The second kappa shape index (κ2) is 6.47. The van der Waals surface area contributed by atoms with Crippen LogP contribution in [-0.2, 0) is 11.3 Å². The second-order valence-corrected chi connectivity index (χ2v) is 6.38. The Hall–Kier alpha value is -1.56. The van der Waals surface area contributed by atoms with Crippen LogP contribution in [0.1, 0.15) is 12.5 Å². The minimum atomic E-state index is -0.798. The first-order valence-electron chi connectivity index (χ1n) is 6.86. The van der Waals surface area contributed by atoms with E-state index in [0.717, 1.165) is 10.0 Å². The molecule has 1 aliphatic rings. The van der Waals surface area contributed by atoms with Crippen molar-refractivity contribution in [3.05, 3.63) is 34.3 Å². The fourth-order valence-corrected chi connectivity index (χ4v) is 2.79. The van der Waals surface area contributed by atoms with Crippen LogP contribution in [0.15, 0.2) is 28.7 Å². The zero-order chi connectivity index (χ0) is 15.6. The molecule has 1 unspecified atom stereocenters. The molecule has 0 spiro atoms. The van der Waals surface area contributed by atoms with Gasteiger partial charge in [0.2, 0.25) is 0 Å². The van der Waals surface area contributed by atoms with Gasteiger partial charge in [-0.3, -0.25) is 4.79 Å². The first-order valence-corrected chi connectivity index (χ1v) is 7.65. The van der Waals surface area contributed by atoms with Crippen molar-refractivity contribution in [3.63, 3.8) is 0 Å². The van der Waals surface area contributed by atoms with Gasteiger partial charge in [-0.25, -0.2) is 4.79 Å². The van der Waals surface area contributed by atoms with Gasteiger partial charge in [0.05, 0.1) is 5.92 Å². The molecule has 1 aromatic carbocycles. The molecule has 5 nitrogen and oxygen atoms in total. The zero-order valence-corrected chi connectivity index (χ0v) is 13.7. The SMILES string of the molecule is CC(C(=O)O)C1CN(C(=O)N(C)Cc2ccccc2Br)C1. The summed E-state index contributed by atoms with van der Waals surface area (Å²) in [4.78, 5) is 26.5.